The molecule has 0 aliphatic heterocycles. The van der Waals surface area contributed by atoms with E-state index in [4.69, 9.17) is 4.42 Å². The number of furan rings is 1. The van der Waals surface area contributed by atoms with E-state index in [2.05, 4.69) is 10.4 Å². The Hall–Kier alpha value is -1.88. The molecule has 0 saturated carbocycles. The Bertz CT molecular complexity index is 546. The van der Waals surface area contributed by atoms with Crippen molar-refractivity contribution >= 4 is 0 Å². The normalized spacial score (nSPS) is 12.6. The second-order valence-electron chi connectivity index (χ2n) is 4.23. The molecule has 1 unspecified atom stereocenters. The van der Waals surface area contributed by atoms with Gasteiger partial charge < -0.3 is 9.73 Å². The van der Waals surface area contributed by atoms with Crippen molar-refractivity contribution in [2.75, 3.05) is 6.54 Å². The van der Waals surface area contributed by atoms with Gasteiger partial charge in [0.05, 0.1) is 24.5 Å². The molecule has 5 nitrogen and oxygen atoms in total. The Morgan fingerprint density at radius 3 is 3.00 bits per heavy atom. The van der Waals surface area contributed by atoms with E-state index in [-0.39, 0.29) is 11.6 Å². The van der Waals surface area contributed by atoms with E-state index in [0.29, 0.717) is 13.1 Å². The third-order valence-corrected chi connectivity index (χ3v) is 2.74. The SMILES string of the molecule is Cc1ccc(=O)n(CCNC(C)c2ccco2)n1. The Balaban J connectivity index is 1.89. The van der Waals surface area contributed by atoms with Crippen molar-refractivity contribution < 1.29 is 4.42 Å². The summed E-state index contributed by atoms with van der Waals surface area (Å²) in [7, 11) is 0. The van der Waals surface area contributed by atoms with Crippen LogP contribution in [0.5, 0.6) is 0 Å². The summed E-state index contributed by atoms with van der Waals surface area (Å²) in [6.45, 7) is 5.10. The monoisotopic (exact) mass is 247 g/mol. The van der Waals surface area contributed by atoms with E-state index in [1.807, 2.05) is 26.0 Å². The predicted octanol–water partition coefficient (Wildman–Crippen LogP) is 1.50. The molecule has 5 heteroatoms. The van der Waals surface area contributed by atoms with Crippen LogP contribution < -0.4 is 10.9 Å². The molecule has 0 aromatic carbocycles. The number of aromatic nitrogens is 2. The molecule has 1 N–H and O–H groups in total. The Kier molecular flexibility index (Phi) is 3.94. The van der Waals surface area contributed by atoms with E-state index in [0.717, 1.165) is 11.5 Å². The molecule has 0 saturated heterocycles. The topological polar surface area (TPSA) is 60.1 Å². The minimum Gasteiger partial charge on any atom is -0.468 e. The van der Waals surface area contributed by atoms with Gasteiger partial charge >= 0.3 is 0 Å². The summed E-state index contributed by atoms with van der Waals surface area (Å²) in [6.07, 6.45) is 1.65. The van der Waals surface area contributed by atoms with Crippen LogP contribution >= 0.6 is 0 Å². The van der Waals surface area contributed by atoms with Crippen molar-refractivity contribution in [3.8, 4) is 0 Å². The fraction of sp³-hybridized carbons (Fsp3) is 0.385. The van der Waals surface area contributed by atoms with Crippen LogP contribution in [-0.4, -0.2) is 16.3 Å². The molecule has 0 aliphatic rings. The lowest BCUT2D eigenvalue weighted by atomic mass is 10.2. The van der Waals surface area contributed by atoms with Crippen molar-refractivity contribution in [1.82, 2.24) is 15.1 Å². The van der Waals surface area contributed by atoms with Crippen molar-refractivity contribution in [1.29, 1.82) is 0 Å². The quantitative estimate of drug-likeness (QED) is 0.869. The number of rotatable bonds is 5. The molecular formula is C13H17N3O2. The van der Waals surface area contributed by atoms with E-state index in [1.54, 1.807) is 12.3 Å². The van der Waals surface area contributed by atoms with Crippen molar-refractivity contribution in [2.45, 2.75) is 26.4 Å². The Morgan fingerprint density at radius 2 is 2.28 bits per heavy atom. The van der Waals surface area contributed by atoms with Crippen LogP contribution in [0.3, 0.4) is 0 Å². The highest BCUT2D eigenvalue weighted by atomic mass is 16.3. The second-order valence-corrected chi connectivity index (χ2v) is 4.23. The smallest absolute Gasteiger partial charge is 0.266 e. The summed E-state index contributed by atoms with van der Waals surface area (Å²) < 4.78 is 6.76. The summed E-state index contributed by atoms with van der Waals surface area (Å²) in [4.78, 5) is 11.5. The molecule has 0 spiro atoms. The molecule has 18 heavy (non-hydrogen) atoms. The molecule has 0 bridgehead atoms. The highest BCUT2D eigenvalue weighted by Crippen LogP contribution is 2.11. The summed E-state index contributed by atoms with van der Waals surface area (Å²) in [6, 6.07) is 7.17. The van der Waals surface area contributed by atoms with Crippen LogP contribution in [0.2, 0.25) is 0 Å². The lowest BCUT2D eigenvalue weighted by Crippen LogP contribution is -2.29. The minimum absolute atomic E-state index is 0.0759. The highest BCUT2D eigenvalue weighted by Gasteiger charge is 2.07. The largest absolute Gasteiger partial charge is 0.468 e. The summed E-state index contributed by atoms with van der Waals surface area (Å²) in [5.41, 5.74) is 0.765. The van der Waals surface area contributed by atoms with Crippen molar-refractivity contribution in [2.24, 2.45) is 0 Å². The number of hydrogen-bond donors (Lipinski definition) is 1. The van der Waals surface area contributed by atoms with Crippen LogP contribution in [-0.2, 0) is 6.54 Å². The molecule has 0 aliphatic carbocycles. The first kappa shape index (κ1) is 12.6. The van der Waals surface area contributed by atoms with Gasteiger partial charge in [0.15, 0.2) is 0 Å². The number of nitrogens with zero attached hydrogens (tertiary/aromatic N) is 2. The van der Waals surface area contributed by atoms with Crippen LogP contribution in [0.15, 0.2) is 39.7 Å². The van der Waals surface area contributed by atoms with Crippen LogP contribution in [0.25, 0.3) is 0 Å². The summed E-state index contributed by atoms with van der Waals surface area (Å²) in [5.74, 6) is 0.888. The van der Waals surface area contributed by atoms with E-state index >= 15 is 0 Å². The summed E-state index contributed by atoms with van der Waals surface area (Å²) >= 11 is 0. The maximum Gasteiger partial charge on any atom is 0.266 e. The zero-order chi connectivity index (χ0) is 13.0. The van der Waals surface area contributed by atoms with Gasteiger partial charge in [-0.25, -0.2) is 4.68 Å². The molecule has 96 valence electrons. The lowest BCUT2D eigenvalue weighted by molar-refractivity contribution is 0.415. The lowest BCUT2D eigenvalue weighted by Gasteiger charge is -2.11. The average Bonchev–Trinajstić information content (AvgIpc) is 2.87. The fourth-order valence-corrected chi connectivity index (χ4v) is 1.74. The van der Waals surface area contributed by atoms with Gasteiger partial charge in [0.25, 0.3) is 5.56 Å². The zero-order valence-corrected chi connectivity index (χ0v) is 10.6. The van der Waals surface area contributed by atoms with Gasteiger partial charge in [-0.05, 0) is 32.0 Å². The van der Waals surface area contributed by atoms with Gasteiger partial charge in [-0.1, -0.05) is 0 Å². The third kappa shape index (κ3) is 3.07. The minimum atomic E-state index is -0.0759. The average molecular weight is 247 g/mol. The van der Waals surface area contributed by atoms with Gasteiger partial charge in [-0.3, -0.25) is 4.79 Å². The molecule has 2 rings (SSSR count). The standard InChI is InChI=1S/C13H17N3O2/c1-10-5-6-13(17)16(15-10)8-7-14-11(2)12-4-3-9-18-12/h3-6,9,11,14H,7-8H2,1-2H3. The molecule has 1 atom stereocenters. The molecular weight excluding hydrogens is 230 g/mol. The van der Waals surface area contributed by atoms with E-state index in [1.165, 1.54) is 10.7 Å². The third-order valence-electron chi connectivity index (χ3n) is 2.74. The number of hydrogen-bond acceptors (Lipinski definition) is 4. The molecule has 2 aromatic heterocycles. The second kappa shape index (κ2) is 5.64. The van der Waals surface area contributed by atoms with E-state index < -0.39 is 0 Å². The maximum absolute atomic E-state index is 11.5. The first-order chi connectivity index (χ1) is 8.66. The first-order valence-electron chi connectivity index (χ1n) is 5.98. The highest BCUT2D eigenvalue weighted by molar-refractivity contribution is 5.02. The molecule has 2 aromatic rings. The van der Waals surface area contributed by atoms with Crippen LogP contribution in [0.4, 0.5) is 0 Å². The van der Waals surface area contributed by atoms with Crippen LogP contribution in [0.1, 0.15) is 24.4 Å². The zero-order valence-electron chi connectivity index (χ0n) is 10.6. The molecule has 0 fully saturated rings. The molecule has 0 amide bonds. The molecule has 2 heterocycles. The predicted molar refractivity (Wildman–Crippen MR) is 68.4 cm³/mol. The number of aryl methyl sites for hydroxylation is 1. The Labute approximate surface area is 105 Å². The van der Waals surface area contributed by atoms with Gasteiger partial charge in [0.2, 0.25) is 0 Å². The van der Waals surface area contributed by atoms with Crippen LogP contribution in [0, 0.1) is 6.92 Å². The first-order valence-corrected chi connectivity index (χ1v) is 5.98. The van der Waals surface area contributed by atoms with E-state index in [9.17, 15) is 4.79 Å². The number of nitrogens with one attached hydrogen (secondary N) is 1. The van der Waals surface area contributed by atoms with Gasteiger partial charge in [-0.15, -0.1) is 0 Å². The Morgan fingerprint density at radius 1 is 1.44 bits per heavy atom. The summed E-state index contributed by atoms with van der Waals surface area (Å²) in [5, 5.41) is 7.46. The van der Waals surface area contributed by atoms with Crippen molar-refractivity contribution in [3.05, 3.63) is 52.3 Å². The van der Waals surface area contributed by atoms with Gasteiger partial charge in [0.1, 0.15) is 5.76 Å². The van der Waals surface area contributed by atoms with Gasteiger partial charge in [0, 0.05) is 12.6 Å². The van der Waals surface area contributed by atoms with Crippen molar-refractivity contribution in [3.63, 3.8) is 0 Å². The maximum atomic E-state index is 11.5. The fourth-order valence-electron chi connectivity index (χ4n) is 1.74. The van der Waals surface area contributed by atoms with Gasteiger partial charge in [-0.2, -0.15) is 5.10 Å². The molecule has 0 radical (unpaired) electrons.